The summed E-state index contributed by atoms with van der Waals surface area (Å²) in [5.74, 6) is -0.792. The predicted octanol–water partition coefficient (Wildman–Crippen LogP) is 2.76. The third-order valence-corrected chi connectivity index (χ3v) is 3.30. The summed E-state index contributed by atoms with van der Waals surface area (Å²) in [5.41, 5.74) is 2.42. The molecule has 0 aliphatic heterocycles. The van der Waals surface area contributed by atoms with Gasteiger partial charge in [-0.25, -0.2) is 4.79 Å². The number of carbonyl (C=O) groups excluding carboxylic acids is 1. The Hall–Kier alpha value is -2.82. The molecule has 2 rings (SSSR count). The lowest BCUT2D eigenvalue weighted by atomic mass is 10.0. The number of methoxy groups -OCH3 is 1. The van der Waals surface area contributed by atoms with Crippen molar-refractivity contribution in [3.05, 3.63) is 53.6 Å². The van der Waals surface area contributed by atoms with Gasteiger partial charge < -0.3 is 14.7 Å². The number of hydrogen-bond acceptors (Lipinski definition) is 3. The van der Waals surface area contributed by atoms with E-state index in [0.717, 1.165) is 11.1 Å². The first-order valence-corrected chi connectivity index (χ1v) is 6.67. The summed E-state index contributed by atoms with van der Waals surface area (Å²) in [7, 11) is 4.84. The van der Waals surface area contributed by atoms with Gasteiger partial charge in [0.05, 0.1) is 7.11 Å². The van der Waals surface area contributed by atoms with Crippen LogP contribution in [0.15, 0.2) is 42.5 Å². The SMILES string of the molecule is COc1cc(-c2ccc(C(=O)N(C)C)cc2)ccc1C(=O)O. The average Bonchev–Trinajstić information content (AvgIpc) is 2.53. The van der Waals surface area contributed by atoms with Crippen molar-refractivity contribution in [3.8, 4) is 16.9 Å². The van der Waals surface area contributed by atoms with Gasteiger partial charge in [-0.2, -0.15) is 0 Å². The van der Waals surface area contributed by atoms with Crippen LogP contribution in [0.25, 0.3) is 11.1 Å². The molecule has 0 spiro atoms. The normalized spacial score (nSPS) is 10.1. The molecule has 5 heteroatoms. The fourth-order valence-electron chi connectivity index (χ4n) is 2.11. The van der Waals surface area contributed by atoms with Crippen molar-refractivity contribution in [1.29, 1.82) is 0 Å². The summed E-state index contributed by atoms with van der Waals surface area (Å²) in [4.78, 5) is 24.5. The third-order valence-electron chi connectivity index (χ3n) is 3.30. The molecule has 2 aromatic rings. The van der Waals surface area contributed by atoms with E-state index in [2.05, 4.69) is 0 Å². The lowest BCUT2D eigenvalue weighted by Gasteiger charge is -2.11. The van der Waals surface area contributed by atoms with Gasteiger partial charge in [0.1, 0.15) is 11.3 Å². The predicted molar refractivity (Wildman–Crippen MR) is 83.4 cm³/mol. The summed E-state index contributed by atoms with van der Waals surface area (Å²) >= 11 is 0. The van der Waals surface area contributed by atoms with Gasteiger partial charge in [0.25, 0.3) is 5.91 Å². The molecule has 0 unspecified atom stereocenters. The number of ether oxygens (including phenoxy) is 1. The molecule has 0 heterocycles. The van der Waals surface area contributed by atoms with E-state index in [1.165, 1.54) is 18.1 Å². The van der Waals surface area contributed by atoms with E-state index < -0.39 is 5.97 Å². The molecule has 2 aromatic carbocycles. The standard InChI is InChI=1S/C17H17NO4/c1-18(2)16(19)12-6-4-11(5-7-12)13-8-9-14(17(20)21)15(10-13)22-3/h4-10H,1-3H3,(H,20,21). The number of aromatic carboxylic acids is 1. The zero-order valence-corrected chi connectivity index (χ0v) is 12.7. The highest BCUT2D eigenvalue weighted by Crippen LogP contribution is 2.27. The highest BCUT2D eigenvalue weighted by atomic mass is 16.5. The quantitative estimate of drug-likeness (QED) is 0.942. The minimum Gasteiger partial charge on any atom is -0.496 e. The fourth-order valence-corrected chi connectivity index (χ4v) is 2.11. The molecular weight excluding hydrogens is 282 g/mol. The molecule has 1 amide bonds. The van der Waals surface area contributed by atoms with Crippen LogP contribution in [0.2, 0.25) is 0 Å². The van der Waals surface area contributed by atoms with E-state index in [0.29, 0.717) is 11.3 Å². The Morgan fingerprint density at radius 3 is 2.09 bits per heavy atom. The van der Waals surface area contributed by atoms with Crippen molar-refractivity contribution in [1.82, 2.24) is 4.90 Å². The number of carbonyl (C=O) groups is 2. The molecule has 1 N–H and O–H groups in total. The second-order valence-electron chi connectivity index (χ2n) is 5.00. The highest BCUT2D eigenvalue weighted by Gasteiger charge is 2.12. The van der Waals surface area contributed by atoms with E-state index >= 15 is 0 Å². The molecule has 5 nitrogen and oxygen atoms in total. The Kier molecular flexibility index (Phi) is 4.46. The van der Waals surface area contributed by atoms with Gasteiger partial charge in [-0.1, -0.05) is 18.2 Å². The largest absolute Gasteiger partial charge is 0.496 e. The summed E-state index contributed by atoms with van der Waals surface area (Å²) < 4.78 is 5.12. The van der Waals surface area contributed by atoms with Crippen LogP contribution in [0, 0.1) is 0 Å². The zero-order chi connectivity index (χ0) is 16.3. The highest BCUT2D eigenvalue weighted by molar-refractivity contribution is 5.94. The monoisotopic (exact) mass is 299 g/mol. The first-order chi connectivity index (χ1) is 10.4. The van der Waals surface area contributed by atoms with Crippen LogP contribution in [0.3, 0.4) is 0 Å². The second-order valence-corrected chi connectivity index (χ2v) is 5.00. The molecule has 0 atom stereocenters. The van der Waals surface area contributed by atoms with Crippen LogP contribution in [-0.2, 0) is 0 Å². The van der Waals surface area contributed by atoms with Gasteiger partial charge in [-0.05, 0) is 35.4 Å². The van der Waals surface area contributed by atoms with Gasteiger partial charge >= 0.3 is 5.97 Å². The minimum absolute atomic E-state index is 0.0645. The van der Waals surface area contributed by atoms with Crippen molar-refractivity contribution in [3.63, 3.8) is 0 Å². The number of nitrogens with zero attached hydrogens (tertiary/aromatic N) is 1. The first kappa shape index (κ1) is 15.6. The van der Waals surface area contributed by atoms with Crippen molar-refractivity contribution in [2.45, 2.75) is 0 Å². The number of benzene rings is 2. The number of amides is 1. The first-order valence-electron chi connectivity index (χ1n) is 6.67. The van der Waals surface area contributed by atoms with E-state index in [-0.39, 0.29) is 11.5 Å². The number of carboxylic acids is 1. The Balaban J connectivity index is 2.36. The van der Waals surface area contributed by atoms with Crippen LogP contribution < -0.4 is 4.74 Å². The molecule has 0 radical (unpaired) electrons. The van der Waals surface area contributed by atoms with Gasteiger partial charge in [0.15, 0.2) is 0 Å². The van der Waals surface area contributed by atoms with Crippen molar-refractivity contribution >= 4 is 11.9 Å². The third kappa shape index (κ3) is 3.09. The maximum absolute atomic E-state index is 11.9. The Morgan fingerprint density at radius 2 is 1.59 bits per heavy atom. The molecule has 0 aliphatic rings. The lowest BCUT2D eigenvalue weighted by Crippen LogP contribution is -2.21. The molecule has 0 aliphatic carbocycles. The van der Waals surface area contributed by atoms with Gasteiger partial charge in [0.2, 0.25) is 0 Å². The van der Waals surface area contributed by atoms with E-state index in [9.17, 15) is 9.59 Å². The fraction of sp³-hybridized carbons (Fsp3) is 0.176. The summed E-state index contributed by atoms with van der Waals surface area (Å²) in [5, 5.41) is 9.09. The number of hydrogen-bond donors (Lipinski definition) is 1. The van der Waals surface area contributed by atoms with Crippen LogP contribution in [-0.4, -0.2) is 43.1 Å². The summed E-state index contributed by atoms with van der Waals surface area (Å²) in [6.45, 7) is 0. The molecule has 0 saturated heterocycles. The van der Waals surface area contributed by atoms with E-state index in [1.807, 2.05) is 12.1 Å². The van der Waals surface area contributed by atoms with Crippen molar-refractivity contribution in [2.75, 3.05) is 21.2 Å². The maximum Gasteiger partial charge on any atom is 0.339 e. The lowest BCUT2D eigenvalue weighted by molar-refractivity contribution is 0.0693. The van der Waals surface area contributed by atoms with Crippen LogP contribution >= 0.6 is 0 Å². The zero-order valence-electron chi connectivity index (χ0n) is 12.7. The molecule has 0 saturated carbocycles. The summed E-state index contributed by atoms with van der Waals surface area (Å²) in [6, 6.07) is 12.0. The topological polar surface area (TPSA) is 66.8 Å². The van der Waals surface area contributed by atoms with Crippen LogP contribution in [0.4, 0.5) is 0 Å². The second kappa shape index (κ2) is 6.30. The maximum atomic E-state index is 11.9. The van der Waals surface area contributed by atoms with E-state index in [1.54, 1.807) is 38.4 Å². The van der Waals surface area contributed by atoms with Gasteiger partial charge in [-0.15, -0.1) is 0 Å². The number of rotatable bonds is 4. The molecule has 22 heavy (non-hydrogen) atoms. The van der Waals surface area contributed by atoms with Gasteiger partial charge in [0, 0.05) is 19.7 Å². The van der Waals surface area contributed by atoms with Gasteiger partial charge in [-0.3, -0.25) is 4.79 Å². The van der Waals surface area contributed by atoms with Crippen molar-refractivity contribution in [2.24, 2.45) is 0 Å². The molecule has 0 bridgehead atoms. The molecule has 0 aromatic heterocycles. The Morgan fingerprint density at radius 1 is 1.00 bits per heavy atom. The Bertz CT molecular complexity index is 705. The van der Waals surface area contributed by atoms with E-state index in [4.69, 9.17) is 9.84 Å². The summed E-state index contributed by atoms with van der Waals surface area (Å²) in [6.07, 6.45) is 0. The van der Waals surface area contributed by atoms with Crippen molar-refractivity contribution < 1.29 is 19.4 Å². The smallest absolute Gasteiger partial charge is 0.339 e. The van der Waals surface area contributed by atoms with Crippen LogP contribution in [0.5, 0.6) is 5.75 Å². The average molecular weight is 299 g/mol. The molecule has 114 valence electrons. The minimum atomic E-state index is -1.03. The number of carboxylic acid groups (broad SMARTS) is 1. The van der Waals surface area contributed by atoms with Crippen LogP contribution in [0.1, 0.15) is 20.7 Å². The molecule has 0 fully saturated rings. The molecular formula is C17H17NO4. The Labute approximate surface area is 128 Å².